The van der Waals surface area contributed by atoms with Crippen LogP contribution in [0.1, 0.15) is 87.1 Å². The van der Waals surface area contributed by atoms with Crippen molar-refractivity contribution in [2.45, 2.75) is 87.2 Å². The van der Waals surface area contributed by atoms with E-state index in [1.54, 1.807) is 14.2 Å². The van der Waals surface area contributed by atoms with E-state index >= 15 is 0 Å². The summed E-state index contributed by atoms with van der Waals surface area (Å²) in [5.74, 6) is 1.70. The lowest BCUT2D eigenvalue weighted by molar-refractivity contribution is -0.136. The number of methoxy groups -OCH3 is 2. The van der Waals surface area contributed by atoms with Crippen LogP contribution in [0.4, 0.5) is 4.79 Å². The number of ether oxygens (including phenoxy) is 4. The Morgan fingerprint density at radius 1 is 0.930 bits per heavy atom. The Bertz CT molecular complexity index is 1040. The highest BCUT2D eigenvalue weighted by Gasteiger charge is 2.26. The Morgan fingerprint density at radius 2 is 1.53 bits per heavy atom. The highest BCUT2D eigenvalue weighted by Crippen LogP contribution is 2.31. The number of carbonyl (C=O) groups is 2. The average molecular weight is 604 g/mol. The molecule has 0 aliphatic heterocycles. The monoisotopic (exact) mass is 603 g/mol. The average Bonchev–Trinajstić information content (AvgIpc) is 2.93. The molecular weight excluding hydrogens is 546 g/mol. The molecule has 0 saturated heterocycles. The molecule has 1 N–H and O–H groups in total. The summed E-state index contributed by atoms with van der Waals surface area (Å²) in [5.41, 5.74) is 3.47. The molecule has 0 heterocycles. The predicted octanol–water partition coefficient (Wildman–Crippen LogP) is 7.09. The third-order valence-corrected chi connectivity index (χ3v) is 7.18. The van der Waals surface area contributed by atoms with Gasteiger partial charge in [-0.05, 0) is 77.5 Å². The summed E-state index contributed by atoms with van der Waals surface area (Å²) in [6.45, 7) is 20.4. The second kappa shape index (κ2) is 19.3. The molecule has 244 valence electrons. The van der Waals surface area contributed by atoms with Gasteiger partial charge < -0.3 is 23.8 Å². The molecule has 1 aromatic rings. The Kier molecular flexibility index (Phi) is 17.0. The highest BCUT2D eigenvalue weighted by atomic mass is 16.6. The first-order valence-corrected chi connectivity index (χ1v) is 15.6. The Morgan fingerprint density at radius 3 is 2.05 bits per heavy atom. The zero-order valence-electron chi connectivity index (χ0n) is 28.5. The molecule has 9 nitrogen and oxygen atoms in total. The minimum absolute atomic E-state index is 0.0445. The number of rotatable bonds is 18. The molecule has 2 atom stereocenters. The molecule has 0 aliphatic carbocycles. The number of amides is 2. The molecule has 2 unspecified atom stereocenters. The van der Waals surface area contributed by atoms with Crippen LogP contribution >= 0.6 is 0 Å². The fourth-order valence-electron chi connectivity index (χ4n) is 4.72. The lowest BCUT2D eigenvalue weighted by Crippen LogP contribution is -2.37. The van der Waals surface area contributed by atoms with E-state index in [0.29, 0.717) is 56.4 Å². The van der Waals surface area contributed by atoms with E-state index in [9.17, 15) is 9.59 Å². The smallest absolute Gasteiger partial charge is 0.428 e. The molecule has 43 heavy (non-hydrogen) atoms. The number of hydrogen-bond donors (Lipinski definition) is 1. The number of benzene rings is 1. The van der Waals surface area contributed by atoms with E-state index in [0.717, 1.165) is 12.0 Å². The van der Waals surface area contributed by atoms with Crippen molar-refractivity contribution in [3.05, 3.63) is 35.9 Å². The predicted molar refractivity (Wildman–Crippen MR) is 174 cm³/mol. The van der Waals surface area contributed by atoms with Gasteiger partial charge in [0.25, 0.3) is 0 Å². The van der Waals surface area contributed by atoms with Gasteiger partial charge in [0.2, 0.25) is 5.91 Å². The Labute approximate surface area is 260 Å². The molecule has 0 radical (unpaired) electrons. The van der Waals surface area contributed by atoms with Gasteiger partial charge in [-0.15, -0.1) is 0 Å². The van der Waals surface area contributed by atoms with E-state index in [1.807, 2.05) is 57.7 Å². The summed E-state index contributed by atoms with van der Waals surface area (Å²) in [6, 6.07) is 5.67. The summed E-state index contributed by atoms with van der Waals surface area (Å²) in [5, 5.41) is 4.60. The zero-order chi connectivity index (χ0) is 32.6. The van der Waals surface area contributed by atoms with E-state index in [1.165, 1.54) is 0 Å². The van der Waals surface area contributed by atoms with Crippen LogP contribution < -0.4 is 14.9 Å². The Hall–Kier alpha value is -3.07. The number of allylic oxidation sites excluding steroid dienone is 2. The Balaban J connectivity index is 3.38. The zero-order valence-corrected chi connectivity index (χ0v) is 28.5. The number of carbonyl (C=O) groups excluding carboxylic acids is 2. The van der Waals surface area contributed by atoms with Crippen LogP contribution in [0, 0.1) is 23.7 Å². The number of nitrogens with one attached hydrogen (secondary N) is 1. The quantitative estimate of drug-likeness (QED) is 0.0833. The van der Waals surface area contributed by atoms with Crippen LogP contribution in [0.5, 0.6) is 11.5 Å². The van der Waals surface area contributed by atoms with Crippen LogP contribution in [0.3, 0.4) is 0 Å². The molecule has 9 heteroatoms. The van der Waals surface area contributed by atoms with Gasteiger partial charge in [-0.1, -0.05) is 39.8 Å². The van der Waals surface area contributed by atoms with E-state index in [-0.39, 0.29) is 29.6 Å². The number of hydrogen-bond acceptors (Lipinski definition) is 7. The number of hydrazone groups is 1. The maximum atomic E-state index is 13.1. The van der Waals surface area contributed by atoms with E-state index < -0.39 is 11.7 Å². The first-order chi connectivity index (χ1) is 20.3. The molecule has 0 bridgehead atoms. The van der Waals surface area contributed by atoms with E-state index in [4.69, 9.17) is 18.9 Å². The van der Waals surface area contributed by atoms with Crippen molar-refractivity contribution in [2.75, 3.05) is 40.5 Å². The lowest BCUT2D eigenvalue weighted by atomic mass is 9.84. The highest BCUT2D eigenvalue weighted by molar-refractivity contribution is 6.03. The molecule has 0 spiro atoms. The first kappa shape index (κ1) is 38.0. The van der Waals surface area contributed by atoms with Gasteiger partial charge in [-0.3, -0.25) is 4.79 Å². The maximum Gasteiger partial charge on any atom is 0.428 e. The molecule has 0 aliphatic rings. The van der Waals surface area contributed by atoms with Crippen molar-refractivity contribution in [1.82, 2.24) is 10.3 Å². The van der Waals surface area contributed by atoms with Crippen LogP contribution in [-0.4, -0.2) is 68.7 Å². The van der Waals surface area contributed by atoms with Gasteiger partial charge in [-0.2, -0.15) is 5.10 Å². The van der Waals surface area contributed by atoms with Crippen molar-refractivity contribution < 1.29 is 28.5 Å². The van der Waals surface area contributed by atoms with Crippen LogP contribution in [0.15, 0.2) is 35.5 Å². The summed E-state index contributed by atoms with van der Waals surface area (Å²) >= 11 is 0. The minimum atomic E-state index is -0.654. The largest absolute Gasteiger partial charge is 0.493 e. The molecule has 0 fully saturated rings. The topological polar surface area (TPSA) is 98.7 Å². The SMILES string of the molecule is CCN(CC)C(=O)C(C/C=C/CC(C(=NNC(=O)OC(C)(C)C)c1ccc(OC)c(OCCCOC)c1)C(C)C)C(C)C. The lowest BCUT2D eigenvalue weighted by Gasteiger charge is -2.27. The van der Waals surface area contributed by atoms with Gasteiger partial charge in [-0.25, -0.2) is 10.2 Å². The summed E-state index contributed by atoms with van der Waals surface area (Å²) in [6.07, 6.45) is 5.69. The molecule has 0 aromatic heterocycles. The third-order valence-electron chi connectivity index (χ3n) is 7.18. The van der Waals surface area contributed by atoms with Crippen LogP contribution in [0.25, 0.3) is 0 Å². The maximum absolute atomic E-state index is 13.1. The molecular formula is C34H57N3O6. The standard InChI is InChI=1S/C34H57N3O6/c1-12-37(13-2)32(38)28(25(5)6)18-15-14-17-27(24(3)4)31(35-36-33(39)43-34(7,8)9)26-19-20-29(41-11)30(23-26)42-22-16-21-40-10/h14-15,19-20,23-25,27-28H,12-13,16-18,21-22H2,1-11H3,(H,36,39)/b15-14+,35-31?. The summed E-state index contributed by atoms with van der Waals surface area (Å²) in [4.78, 5) is 27.6. The summed E-state index contributed by atoms with van der Waals surface area (Å²) < 4.78 is 22.2. The van der Waals surface area contributed by atoms with Gasteiger partial charge in [0.05, 0.1) is 19.4 Å². The fraction of sp³-hybridized carbons (Fsp3) is 0.676. The first-order valence-electron chi connectivity index (χ1n) is 15.6. The van der Waals surface area contributed by atoms with E-state index in [2.05, 4.69) is 50.4 Å². The van der Waals surface area contributed by atoms with Crippen molar-refractivity contribution >= 4 is 17.7 Å². The normalized spacial score (nSPS) is 13.7. The number of nitrogens with zero attached hydrogens (tertiary/aromatic N) is 2. The molecule has 0 saturated carbocycles. The van der Waals surface area contributed by atoms with Crippen molar-refractivity contribution in [2.24, 2.45) is 28.8 Å². The van der Waals surface area contributed by atoms with Crippen LogP contribution in [-0.2, 0) is 14.3 Å². The van der Waals surface area contributed by atoms with Gasteiger partial charge in [0, 0.05) is 50.6 Å². The third kappa shape index (κ3) is 13.4. The summed E-state index contributed by atoms with van der Waals surface area (Å²) in [7, 11) is 3.27. The van der Waals surface area contributed by atoms with Gasteiger partial charge in [0.1, 0.15) is 5.60 Å². The van der Waals surface area contributed by atoms with Gasteiger partial charge >= 0.3 is 6.09 Å². The van der Waals surface area contributed by atoms with Crippen molar-refractivity contribution in [1.29, 1.82) is 0 Å². The molecule has 1 rings (SSSR count). The van der Waals surface area contributed by atoms with Gasteiger partial charge in [0.15, 0.2) is 11.5 Å². The second-order valence-corrected chi connectivity index (χ2v) is 12.3. The van der Waals surface area contributed by atoms with Crippen LogP contribution in [0.2, 0.25) is 0 Å². The fourth-order valence-corrected chi connectivity index (χ4v) is 4.72. The van der Waals surface area contributed by atoms with Crippen molar-refractivity contribution in [3.63, 3.8) is 0 Å². The molecule has 1 aromatic carbocycles. The second-order valence-electron chi connectivity index (χ2n) is 12.3. The molecule has 2 amide bonds. The van der Waals surface area contributed by atoms with Crippen molar-refractivity contribution in [3.8, 4) is 11.5 Å². The minimum Gasteiger partial charge on any atom is -0.493 e.